The highest BCUT2D eigenvalue weighted by Crippen LogP contribution is 2.22. The number of rotatable bonds is 8. The summed E-state index contributed by atoms with van der Waals surface area (Å²) in [6, 6.07) is 8.24. The van der Waals surface area contributed by atoms with Gasteiger partial charge in [0.25, 0.3) is 0 Å². The van der Waals surface area contributed by atoms with Gasteiger partial charge in [0.1, 0.15) is 5.75 Å². The minimum Gasteiger partial charge on any atom is -0.493 e. The SMILES string of the molecule is C=C/C(=C\C=C/C)Cc1ccccc1OCCCC. The van der Waals surface area contributed by atoms with Crippen molar-refractivity contribution in [3.8, 4) is 5.75 Å². The molecule has 0 radical (unpaired) electrons. The van der Waals surface area contributed by atoms with Crippen molar-refractivity contribution in [2.45, 2.75) is 33.1 Å². The van der Waals surface area contributed by atoms with Gasteiger partial charge in [0, 0.05) is 6.42 Å². The second-order valence-electron chi connectivity index (χ2n) is 4.46. The molecular formula is C18H24O. The van der Waals surface area contributed by atoms with Crippen LogP contribution in [0.4, 0.5) is 0 Å². The van der Waals surface area contributed by atoms with Gasteiger partial charge in [0.2, 0.25) is 0 Å². The molecule has 0 aromatic heterocycles. The third-order valence-electron chi connectivity index (χ3n) is 2.89. The lowest BCUT2D eigenvalue weighted by Gasteiger charge is -2.11. The summed E-state index contributed by atoms with van der Waals surface area (Å²) in [6.45, 7) is 8.84. The molecule has 0 N–H and O–H groups in total. The van der Waals surface area contributed by atoms with Crippen molar-refractivity contribution in [1.82, 2.24) is 0 Å². The first kappa shape index (κ1) is 15.3. The van der Waals surface area contributed by atoms with Gasteiger partial charge in [0.15, 0.2) is 0 Å². The molecular weight excluding hydrogens is 232 g/mol. The van der Waals surface area contributed by atoms with Crippen LogP contribution in [-0.2, 0) is 6.42 Å². The highest BCUT2D eigenvalue weighted by Gasteiger charge is 2.04. The van der Waals surface area contributed by atoms with Crippen LogP contribution in [0.15, 0.2) is 60.7 Å². The lowest BCUT2D eigenvalue weighted by molar-refractivity contribution is 0.307. The number of ether oxygens (including phenoxy) is 1. The Labute approximate surface area is 117 Å². The highest BCUT2D eigenvalue weighted by atomic mass is 16.5. The van der Waals surface area contributed by atoms with E-state index < -0.39 is 0 Å². The van der Waals surface area contributed by atoms with Gasteiger partial charge in [-0.2, -0.15) is 0 Å². The fourth-order valence-corrected chi connectivity index (χ4v) is 1.76. The van der Waals surface area contributed by atoms with Crippen LogP contribution in [-0.4, -0.2) is 6.61 Å². The minimum absolute atomic E-state index is 0.787. The fraction of sp³-hybridized carbons (Fsp3) is 0.333. The molecule has 0 atom stereocenters. The van der Waals surface area contributed by atoms with Gasteiger partial charge in [-0.05, 0) is 30.5 Å². The summed E-state index contributed by atoms with van der Waals surface area (Å²) < 4.78 is 5.85. The van der Waals surface area contributed by atoms with Crippen LogP contribution in [0.25, 0.3) is 0 Å². The number of para-hydroxylation sites is 1. The molecule has 1 aromatic rings. The highest BCUT2D eigenvalue weighted by molar-refractivity contribution is 5.39. The van der Waals surface area contributed by atoms with E-state index in [4.69, 9.17) is 4.74 Å². The number of benzene rings is 1. The van der Waals surface area contributed by atoms with Crippen LogP contribution in [0.1, 0.15) is 32.3 Å². The van der Waals surface area contributed by atoms with Crippen molar-refractivity contribution in [2.24, 2.45) is 0 Å². The molecule has 1 heteroatoms. The summed E-state index contributed by atoms with van der Waals surface area (Å²) in [4.78, 5) is 0. The molecule has 0 spiro atoms. The molecule has 0 heterocycles. The molecule has 0 saturated carbocycles. The molecule has 102 valence electrons. The quantitative estimate of drug-likeness (QED) is 0.464. The zero-order valence-electron chi connectivity index (χ0n) is 12.1. The van der Waals surface area contributed by atoms with Crippen LogP contribution in [0, 0.1) is 0 Å². The zero-order chi connectivity index (χ0) is 13.9. The van der Waals surface area contributed by atoms with Crippen LogP contribution in [0.2, 0.25) is 0 Å². The summed E-state index contributed by atoms with van der Waals surface area (Å²) in [5, 5.41) is 0. The predicted molar refractivity (Wildman–Crippen MR) is 83.6 cm³/mol. The van der Waals surface area contributed by atoms with E-state index in [1.54, 1.807) is 0 Å². The largest absolute Gasteiger partial charge is 0.493 e. The summed E-state index contributed by atoms with van der Waals surface area (Å²) in [6.07, 6.45) is 11.2. The molecule has 1 aromatic carbocycles. The van der Waals surface area contributed by atoms with Crippen molar-refractivity contribution in [2.75, 3.05) is 6.61 Å². The Morgan fingerprint density at radius 3 is 2.79 bits per heavy atom. The second-order valence-corrected chi connectivity index (χ2v) is 4.46. The van der Waals surface area contributed by atoms with E-state index in [1.807, 2.05) is 37.3 Å². The van der Waals surface area contributed by atoms with Crippen molar-refractivity contribution in [3.63, 3.8) is 0 Å². The standard InChI is InChI=1S/C18H24O/c1-4-7-11-16(6-3)15-17-12-9-10-13-18(17)19-14-8-5-2/h4,6-7,9-13H,3,5,8,14-15H2,1-2H3/b7-4-,16-11+. The maximum atomic E-state index is 5.85. The maximum Gasteiger partial charge on any atom is 0.122 e. The molecule has 0 saturated heterocycles. The van der Waals surface area contributed by atoms with E-state index in [0.29, 0.717) is 0 Å². The third-order valence-corrected chi connectivity index (χ3v) is 2.89. The predicted octanol–water partition coefficient (Wildman–Crippen LogP) is 5.10. The molecule has 0 fully saturated rings. The van der Waals surface area contributed by atoms with E-state index in [1.165, 1.54) is 11.1 Å². The minimum atomic E-state index is 0.787. The van der Waals surface area contributed by atoms with Crippen LogP contribution in [0.3, 0.4) is 0 Å². The van der Waals surface area contributed by atoms with Crippen molar-refractivity contribution < 1.29 is 4.74 Å². The topological polar surface area (TPSA) is 9.23 Å². The summed E-state index contributed by atoms with van der Waals surface area (Å²) in [5.41, 5.74) is 2.42. The van der Waals surface area contributed by atoms with Gasteiger partial charge in [-0.15, -0.1) is 0 Å². The van der Waals surface area contributed by atoms with Crippen LogP contribution in [0.5, 0.6) is 5.75 Å². The second kappa shape index (κ2) is 9.21. The average Bonchev–Trinajstić information content (AvgIpc) is 2.45. The normalized spacial score (nSPS) is 11.8. The summed E-state index contributed by atoms with van der Waals surface area (Å²) in [7, 11) is 0. The average molecular weight is 256 g/mol. The van der Waals surface area contributed by atoms with Gasteiger partial charge in [-0.3, -0.25) is 0 Å². The van der Waals surface area contributed by atoms with Crippen LogP contribution >= 0.6 is 0 Å². The van der Waals surface area contributed by atoms with Gasteiger partial charge >= 0.3 is 0 Å². The molecule has 0 aliphatic rings. The van der Waals surface area contributed by atoms with Gasteiger partial charge in [-0.1, -0.05) is 62.4 Å². The maximum absolute atomic E-state index is 5.85. The lowest BCUT2D eigenvalue weighted by Crippen LogP contribution is -2.00. The van der Waals surface area contributed by atoms with Gasteiger partial charge < -0.3 is 4.74 Å². The van der Waals surface area contributed by atoms with E-state index in [2.05, 4.69) is 31.7 Å². The van der Waals surface area contributed by atoms with E-state index >= 15 is 0 Å². The molecule has 0 bridgehead atoms. The summed E-state index contributed by atoms with van der Waals surface area (Å²) >= 11 is 0. The monoisotopic (exact) mass is 256 g/mol. The Morgan fingerprint density at radius 2 is 2.11 bits per heavy atom. The Kier molecular flexibility index (Phi) is 7.41. The molecule has 0 aliphatic carbocycles. The van der Waals surface area contributed by atoms with Crippen LogP contribution < -0.4 is 4.74 Å². The van der Waals surface area contributed by atoms with E-state index in [0.717, 1.165) is 31.6 Å². The molecule has 0 unspecified atom stereocenters. The Hall–Kier alpha value is -1.76. The lowest BCUT2D eigenvalue weighted by atomic mass is 10.0. The summed E-state index contributed by atoms with van der Waals surface area (Å²) in [5.74, 6) is 0.990. The smallest absolute Gasteiger partial charge is 0.122 e. The van der Waals surface area contributed by atoms with Gasteiger partial charge in [0.05, 0.1) is 6.61 Å². The fourth-order valence-electron chi connectivity index (χ4n) is 1.76. The Balaban J connectivity index is 2.78. The number of hydrogen-bond donors (Lipinski definition) is 0. The van der Waals surface area contributed by atoms with E-state index in [9.17, 15) is 0 Å². The zero-order valence-corrected chi connectivity index (χ0v) is 12.1. The number of unbranched alkanes of at least 4 members (excludes halogenated alkanes) is 1. The molecule has 1 rings (SSSR count). The molecule has 0 aliphatic heterocycles. The Morgan fingerprint density at radius 1 is 1.32 bits per heavy atom. The Bertz CT molecular complexity index is 441. The molecule has 1 nitrogen and oxygen atoms in total. The third kappa shape index (κ3) is 5.60. The van der Waals surface area contributed by atoms with Crippen molar-refractivity contribution in [3.05, 3.63) is 66.3 Å². The number of hydrogen-bond acceptors (Lipinski definition) is 1. The molecule has 19 heavy (non-hydrogen) atoms. The first-order valence-corrected chi connectivity index (χ1v) is 6.96. The van der Waals surface area contributed by atoms with Crippen molar-refractivity contribution in [1.29, 1.82) is 0 Å². The van der Waals surface area contributed by atoms with Gasteiger partial charge in [-0.25, -0.2) is 0 Å². The first-order valence-electron chi connectivity index (χ1n) is 6.96. The van der Waals surface area contributed by atoms with Crippen molar-refractivity contribution >= 4 is 0 Å². The van der Waals surface area contributed by atoms with E-state index in [-0.39, 0.29) is 0 Å². The number of allylic oxidation sites excluding steroid dienone is 5. The molecule has 0 amide bonds. The first-order chi connectivity index (χ1) is 9.31.